The van der Waals surface area contributed by atoms with Crippen LogP contribution in [-0.4, -0.2) is 24.2 Å². The standard InChI is InChI=1S/C14H14ClNO3S/c1-10-16-12(9-20-10)8-14(17)19-6-5-18-13-4-2-3-11(15)7-13/h2-4,7,9H,5-6,8H2,1H3. The molecule has 6 heteroatoms. The van der Waals surface area contributed by atoms with Gasteiger partial charge in [-0.05, 0) is 25.1 Å². The molecule has 2 rings (SSSR count). The van der Waals surface area contributed by atoms with Crippen LogP contribution in [0.2, 0.25) is 5.02 Å². The van der Waals surface area contributed by atoms with Gasteiger partial charge in [-0.1, -0.05) is 17.7 Å². The zero-order valence-electron chi connectivity index (χ0n) is 11.0. The number of aromatic nitrogens is 1. The van der Waals surface area contributed by atoms with Crippen LogP contribution in [0.3, 0.4) is 0 Å². The number of rotatable bonds is 6. The van der Waals surface area contributed by atoms with E-state index in [0.29, 0.717) is 17.4 Å². The van der Waals surface area contributed by atoms with E-state index in [1.807, 2.05) is 12.3 Å². The van der Waals surface area contributed by atoms with E-state index in [4.69, 9.17) is 21.1 Å². The van der Waals surface area contributed by atoms with Crippen molar-refractivity contribution in [2.24, 2.45) is 0 Å². The topological polar surface area (TPSA) is 48.4 Å². The number of esters is 1. The summed E-state index contributed by atoms with van der Waals surface area (Å²) in [5.74, 6) is 0.355. The van der Waals surface area contributed by atoms with E-state index in [2.05, 4.69) is 4.98 Å². The van der Waals surface area contributed by atoms with Gasteiger partial charge < -0.3 is 9.47 Å². The van der Waals surface area contributed by atoms with Crippen molar-refractivity contribution in [1.29, 1.82) is 0 Å². The molecular weight excluding hydrogens is 298 g/mol. The molecule has 106 valence electrons. The first-order valence-electron chi connectivity index (χ1n) is 6.08. The lowest BCUT2D eigenvalue weighted by Crippen LogP contribution is -2.14. The molecule has 0 bridgehead atoms. The number of hydrogen-bond acceptors (Lipinski definition) is 5. The summed E-state index contributed by atoms with van der Waals surface area (Å²) in [5, 5.41) is 3.41. The van der Waals surface area contributed by atoms with Crippen LogP contribution in [-0.2, 0) is 16.0 Å². The average Bonchev–Trinajstić information content (AvgIpc) is 2.80. The number of benzene rings is 1. The Morgan fingerprint density at radius 1 is 1.40 bits per heavy atom. The fourth-order valence-corrected chi connectivity index (χ4v) is 2.35. The number of carbonyl (C=O) groups excluding carboxylic acids is 1. The maximum atomic E-state index is 11.6. The third-order valence-electron chi connectivity index (χ3n) is 2.40. The Labute approximate surface area is 126 Å². The van der Waals surface area contributed by atoms with Gasteiger partial charge in [-0.2, -0.15) is 0 Å². The summed E-state index contributed by atoms with van der Waals surface area (Å²) in [7, 11) is 0. The minimum Gasteiger partial charge on any atom is -0.490 e. The average molecular weight is 312 g/mol. The van der Waals surface area contributed by atoms with Crippen molar-refractivity contribution in [1.82, 2.24) is 4.98 Å². The predicted molar refractivity (Wildman–Crippen MR) is 78.5 cm³/mol. The molecule has 0 atom stereocenters. The van der Waals surface area contributed by atoms with Crippen molar-refractivity contribution in [3.8, 4) is 5.75 Å². The second kappa shape index (κ2) is 7.26. The molecule has 1 aromatic heterocycles. The maximum Gasteiger partial charge on any atom is 0.312 e. The van der Waals surface area contributed by atoms with Crippen molar-refractivity contribution in [3.63, 3.8) is 0 Å². The lowest BCUT2D eigenvalue weighted by atomic mass is 10.3. The summed E-state index contributed by atoms with van der Waals surface area (Å²) < 4.78 is 10.5. The van der Waals surface area contributed by atoms with E-state index in [1.165, 1.54) is 11.3 Å². The number of halogens is 1. The molecule has 1 heterocycles. The molecule has 4 nitrogen and oxygen atoms in total. The maximum absolute atomic E-state index is 11.6. The van der Waals surface area contributed by atoms with Gasteiger partial charge in [0.1, 0.15) is 19.0 Å². The number of thiazole rings is 1. The molecule has 0 aliphatic rings. The minimum absolute atomic E-state index is 0.196. The largest absolute Gasteiger partial charge is 0.490 e. The zero-order valence-corrected chi connectivity index (χ0v) is 12.5. The number of hydrogen-bond donors (Lipinski definition) is 0. The highest BCUT2D eigenvalue weighted by Gasteiger charge is 2.07. The van der Waals surface area contributed by atoms with Gasteiger partial charge in [0.15, 0.2) is 0 Å². The van der Waals surface area contributed by atoms with Crippen LogP contribution >= 0.6 is 22.9 Å². The third-order valence-corrected chi connectivity index (χ3v) is 3.46. The lowest BCUT2D eigenvalue weighted by molar-refractivity contribution is -0.143. The van der Waals surface area contributed by atoms with Gasteiger partial charge in [0.2, 0.25) is 0 Å². The Hall–Kier alpha value is -1.59. The van der Waals surface area contributed by atoms with Crippen molar-refractivity contribution < 1.29 is 14.3 Å². The predicted octanol–water partition coefficient (Wildman–Crippen LogP) is 3.27. The van der Waals surface area contributed by atoms with Crippen LogP contribution < -0.4 is 4.74 Å². The molecular formula is C14H14ClNO3S. The molecule has 0 aliphatic carbocycles. The van der Waals surface area contributed by atoms with Gasteiger partial charge in [-0.15, -0.1) is 11.3 Å². The van der Waals surface area contributed by atoms with Crippen LogP contribution in [0.1, 0.15) is 10.7 Å². The van der Waals surface area contributed by atoms with Gasteiger partial charge in [0, 0.05) is 10.4 Å². The smallest absolute Gasteiger partial charge is 0.312 e. The van der Waals surface area contributed by atoms with E-state index in [0.717, 1.165) is 10.7 Å². The number of aryl methyl sites for hydroxylation is 1. The fourth-order valence-electron chi connectivity index (χ4n) is 1.56. The highest BCUT2D eigenvalue weighted by molar-refractivity contribution is 7.09. The van der Waals surface area contributed by atoms with E-state index >= 15 is 0 Å². The van der Waals surface area contributed by atoms with E-state index in [1.54, 1.807) is 24.3 Å². The van der Waals surface area contributed by atoms with Crippen LogP contribution in [0, 0.1) is 6.92 Å². The first-order chi connectivity index (χ1) is 9.63. The van der Waals surface area contributed by atoms with Crippen LogP contribution in [0.15, 0.2) is 29.6 Å². The monoisotopic (exact) mass is 311 g/mol. The van der Waals surface area contributed by atoms with Crippen molar-refractivity contribution >= 4 is 28.9 Å². The molecule has 0 amide bonds. The first kappa shape index (κ1) is 14.8. The Balaban J connectivity index is 1.67. The van der Waals surface area contributed by atoms with Gasteiger partial charge in [0.25, 0.3) is 0 Å². The molecule has 1 aromatic carbocycles. The van der Waals surface area contributed by atoms with Gasteiger partial charge >= 0.3 is 5.97 Å². The van der Waals surface area contributed by atoms with Gasteiger partial charge in [-0.25, -0.2) is 4.98 Å². The summed E-state index contributed by atoms with van der Waals surface area (Å²) in [6.45, 7) is 2.40. The normalized spacial score (nSPS) is 10.3. The summed E-state index contributed by atoms with van der Waals surface area (Å²) in [6, 6.07) is 7.08. The SMILES string of the molecule is Cc1nc(CC(=O)OCCOc2cccc(Cl)c2)cs1. The summed E-state index contributed by atoms with van der Waals surface area (Å²) in [6.07, 6.45) is 0.196. The molecule has 0 aliphatic heterocycles. The van der Waals surface area contributed by atoms with Crippen molar-refractivity contribution in [2.45, 2.75) is 13.3 Å². The van der Waals surface area contributed by atoms with Gasteiger partial charge in [-0.3, -0.25) is 4.79 Å². The molecule has 0 N–H and O–H groups in total. The Morgan fingerprint density at radius 2 is 2.25 bits per heavy atom. The summed E-state index contributed by atoms with van der Waals surface area (Å²) in [5.41, 5.74) is 0.744. The minimum atomic E-state index is -0.301. The number of nitrogens with zero attached hydrogens (tertiary/aromatic N) is 1. The second-order valence-corrected chi connectivity index (χ2v) is 5.56. The van der Waals surface area contributed by atoms with E-state index in [-0.39, 0.29) is 19.0 Å². The molecule has 20 heavy (non-hydrogen) atoms. The molecule has 0 saturated carbocycles. The van der Waals surface area contributed by atoms with Crippen molar-refractivity contribution in [3.05, 3.63) is 45.4 Å². The molecule has 0 saturated heterocycles. The Kier molecular flexibility index (Phi) is 5.38. The number of ether oxygens (including phenoxy) is 2. The zero-order chi connectivity index (χ0) is 14.4. The third kappa shape index (κ3) is 4.83. The quantitative estimate of drug-likeness (QED) is 0.607. The molecule has 0 fully saturated rings. The fraction of sp³-hybridized carbons (Fsp3) is 0.286. The van der Waals surface area contributed by atoms with E-state index in [9.17, 15) is 4.79 Å². The molecule has 0 spiro atoms. The lowest BCUT2D eigenvalue weighted by Gasteiger charge is -2.07. The van der Waals surface area contributed by atoms with Crippen LogP contribution in [0.4, 0.5) is 0 Å². The Morgan fingerprint density at radius 3 is 2.95 bits per heavy atom. The highest BCUT2D eigenvalue weighted by atomic mass is 35.5. The second-order valence-electron chi connectivity index (χ2n) is 4.06. The number of carbonyl (C=O) groups is 1. The van der Waals surface area contributed by atoms with Crippen molar-refractivity contribution in [2.75, 3.05) is 13.2 Å². The summed E-state index contributed by atoms with van der Waals surface area (Å²) in [4.78, 5) is 15.8. The van der Waals surface area contributed by atoms with Crippen LogP contribution in [0.25, 0.3) is 0 Å². The van der Waals surface area contributed by atoms with E-state index < -0.39 is 0 Å². The molecule has 2 aromatic rings. The first-order valence-corrected chi connectivity index (χ1v) is 7.34. The summed E-state index contributed by atoms with van der Waals surface area (Å²) >= 11 is 7.35. The molecule has 0 radical (unpaired) electrons. The molecule has 0 unspecified atom stereocenters. The Bertz CT molecular complexity index is 585. The van der Waals surface area contributed by atoms with Gasteiger partial charge in [0.05, 0.1) is 17.1 Å². The van der Waals surface area contributed by atoms with Crippen LogP contribution in [0.5, 0.6) is 5.75 Å². The highest BCUT2D eigenvalue weighted by Crippen LogP contribution is 2.16.